The van der Waals surface area contributed by atoms with E-state index in [0.717, 1.165) is 35.2 Å². The predicted octanol–water partition coefficient (Wildman–Crippen LogP) is 7.05. The molecule has 1 heterocycles. The summed E-state index contributed by atoms with van der Waals surface area (Å²) in [5.74, 6) is -3.13. The first kappa shape index (κ1) is 24.6. The Labute approximate surface area is 202 Å². The zero-order chi connectivity index (χ0) is 25.2. The van der Waals surface area contributed by atoms with E-state index in [-0.39, 0.29) is 24.3 Å². The molecule has 0 saturated heterocycles. The first-order valence-electron chi connectivity index (χ1n) is 10.5. The molecule has 0 fully saturated rings. The van der Waals surface area contributed by atoms with Crippen molar-refractivity contribution < 1.29 is 36.6 Å². The number of alkyl halides is 3. The minimum atomic E-state index is -4.16. The molecule has 0 saturated carbocycles. The van der Waals surface area contributed by atoms with Gasteiger partial charge in [-0.2, -0.15) is 13.2 Å². The lowest BCUT2D eigenvalue weighted by Crippen LogP contribution is -2.24. The molecule has 0 amide bonds. The van der Waals surface area contributed by atoms with Gasteiger partial charge in [-0.05, 0) is 48.6 Å². The van der Waals surface area contributed by atoms with Crippen molar-refractivity contribution in [2.45, 2.75) is 30.5 Å². The van der Waals surface area contributed by atoms with Gasteiger partial charge in [-0.1, -0.05) is 18.2 Å². The standard InChI is InChI=1S/C24H20F4N2O4S/c1-33-20-10-17(23(31)32)18(25)11-19(20)30-35-21-12-34-22(29-21)15-4-2-13(3-5-15)14-6-8-16(9-7-14)24(26,27)28/h2-6,10-12,16,30H,7-9H2,1H3,(H,31,32). The van der Waals surface area contributed by atoms with Crippen LogP contribution in [0.25, 0.3) is 17.0 Å². The van der Waals surface area contributed by atoms with Gasteiger partial charge in [0, 0.05) is 23.6 Å². The normalized spacial score (nSPS) is 16.0. The molecule has 184 valence electrons. The molecule has 6 nitrogen and oxygen atoms in total. The maximum Gasteiger partial charge on any atom is 0.392 e. The summed E-state index contributed by atoms with van der Waals surface area (Å²) in [6.07, 6.45) is -0.673. The second kappa shape index (κ2) is 10.0. The van der Waals surface area contributed by atoms with Gasteiger partial charge in [0.1, 0.15) is 17.8 Å². The lowest BCUT2D eigenvalue weighted by atomic mass is 9.86. The van der Waals surface area contributed by atoms with Gasteiger partial charge >= 0.3 is 12.1 Å². The zero-order valence-corrected chi connectivity index (χ0v) is 19.2. The number of oxazole rings is 1. The van der Waals surface area contributed by atoms with Crippen LogP contribution in [0.2, 0.25) is 0 Å². The van der Waals surface area contributed by atoms with E-state index in [4.69, 9.17) is 14.3 Å². The molecule has 3 aromatic rings. The zero-order valence-electron chi connectivity index (χ0n) is 18.4. The number of nitrogens with zero attached hydrogens (tertiary/aromatic N) is 1. The molecule has 0 bridgehead atoms. The van der Waals surface area contributed by atoms with Crippen LogP contribution in [0.1, 0.15) is 35.2 Å². The molecule has 1 atom stereocenters. The molecule has 0 spiro atoms. The molecular weight excluding hydrogens is 488 g/mol. The van der Waals surface area contributed by atoms with Crippen molar-refractivity contribution in [1.29, 1.82) is 0 Å². The minimum absolute atomic E-state index is 0.0123. The SMILES string of the molecule is COc1cc(C(=O)O)c(F)cc1NSc1coc(-c2ccc(C3=CCC(C(F)(F)F)CC3)cc2)n1. The molecule has 1 aromatic heterocycles. The second-order valence-electron chi connectivity index (χ2n) is 7.85. The molecular formula is C24H20F4N2O4S. The Kier molecular flexibility index (Phi) is 7.06. The molecule has 4 rings (SSSR count). The summed E-state index contributed by atoms with van der Waals surface area (Å²) in [6, 6.07) is 9.31. The molecule has 1 aliphatic carbocycles. The van der Waals surface area contributed by atoms with Gasteiger partial charge in [-0.15, -0.1) is 0 Å². The van der Waals surface area contributed by atoms with Crippen LogP contribution in [0.5, 0.6) is 5.75 Å². The summed E-state index contributed by atoms with van der Waals surface area (Å²) >= 11 is 1.02. The highest BCUT2D eigenvalue weighted by molar-refractivity contribution is 8.00. The number of nitrogens with one attached hydrogen (secondary N) is 1. The van der Waals surface area contributed by atoms with Crippen molar-refractivity contribution in [3.63, 3.8) is 0 Å². The van der Waals surface area contributed by atoms with Crippen molar-refractivity contribution in [3.05, 3.63) is 65.7 Å². The predicted molar refractivity (Wildman–Crippen MR) is 123 cm³/mol. The van der Waals surface area contributed by atoms with E-state index in [1.54, 1.807) is 18.2 Å². The Morgan fingerprint density at radius 1 is 1.23 bits per heavy atom. The van der Waals surface area contributed by atoms with Crippen LogP contribution >= 0.6 is 11.9 Å². The molecule has 0 aliphatic heterocycles. The largest absolute Gasteiger partial charge is 0.495 e. The smallest absolute Gasteiger partial charge is 0.392 e. The van der Waals surface area contributed by atoms with Gasteiger partial charge in [-0.3, -0.25) is 0 Å². The van der Waals surface area contributed by atoms with Crippen LogP contribution in [0.3, 0.4) is 0 Å². The fourth-order valence-electron chi connectivity index (χ4n) is 3.73. The molecule has 1 unspecified atom stereocenters. The maximum atomic E-state index is 14.0. The molecule has 11 heteroatoms. The number of aromatic nitrogens is 1. The second-order valence-corrected chi connectivity index (χ2v) is 8.68. The van der Waals surface area contributed by atoms with Crippen molar-refractivity contribution >= 4 is 29.2 Å². The Morgan fingerprint density at radius 3 is 2.54 bits per heavy atom. The Bertz CT molecular complexity index is 1260. The number of allylic oxidation sites excluding steroid dienone is 2. The van der Waals surface area contributed by atoms with Gasteiger partial charge in [-0.25, -0.2) is 14.2 Å². The van der Waals surface area contributed by atoms with Gasteiger partial charge in [0.25, 0.3) is 0 Å². The number of aromatic carboxylic acids is 1. The summed E-state index contributed by atoms with van der Waals surface area (Å²) in [7, 11) is 1.34. The van der Waals surface area contributed by atoms with Gasteiger partial charge in [0.15, 0.2) is 5.03 Å². The third-order valence-corrected chi connectivity index (χ3v) is 6.36. The molecule has 2 aromatic carbocycles. The van der Waals surface area contributed by atoms with E-state index in [2.05, 4.69) is 9.71 Å². The Morgan fingerprint density at radius 2 is 1.94 bits per heavy atom. The Hall–Kier alpha value is -3.47. The number of hydrogen-bond acceptors (Lipinski definition) is 6. The van der Waals surface area contributed by atoms with Crippen molar-refractivity contribution in [2.75, 3.05) is 11.8 Å². The van der Waals surface area contributed by atoms with Crippen LogP contribution in [-0.2, 0) is 0 Å². The van der Waals surface area contributed by atoms with Gasteiger partial charge in [0.2, 0.25) is 5.89 Å². The molecule has 35 heavy (non-hydrogen) atoms. The van der Waals surface area contributed by atoms with E-state index < -0.39 is 29.4 Å². The number of rotatable bonds is 7. The number of benzene rings is 2. The first-order chi connectivity index (χ1) is 16.7. The highest BCUT2D eigenvalue weighted by atomic mass is 32.2. The average Bonchev–Trinajstić information content (AvgIpc) is 3.31. The van der Waals surface area contributed by atoms with Crippen molar-refractivity contribution in [3.8, 4) is 17.2 Å². The van der Waals surface area contributed by atoms with E-state index in [9.17, 15) is 22.4 Å². The summed E-state index contributed by atoms with van der Waals surface area (Å²) in [5, 5.41) is 9.47. The van der Waals surface area contributed by atoms with Crippen LogP contribution in [0, 0.1) is 11.7 Å². The number of methoxy groups -OCH3 is 1. The lowest BCUT2D eigenvalue weighted by molar-refractivity contribution is -0.175. The van der Waals surface area contributed by atoms with E-state index in [0.29, 0.717) is 22.9 Å². The number of hydrogen-bond donors (Lipinski definition) is 2. The van der Waals surface area contributed by atoms with Crippen molar-refractivity contribution in [2.24, 2.45) is 5.92 Å². The Balaban J connectivity index is 1.42. The summed E-state index contributed by atoms with van der Waals surface area (Å²) in [6.45, 7) is 0. The van der Waals surface area contributed by atoms with Gasteiger partial charge in [0.05, 0.1) is 24.3 Å². The number of carbonyl (C=O) groups is 1. The van der Waals surface area contributed by atoms with Crippen LogP contribution < -0.4 is 9.46 Å². The fourth-order valence-corrected chi connectivity index (χ4v) is 4.33. The average molecular weight is 508 g/mol. The number of carboxylic acid groups (broad SMARTS) is 1. The number of anilines is 1. The monoisotopic (exact) mass is 508 g/mol. The quantitative estimate of drug-likeness (QED) is 0.261. The molecule has 2 N–H and O–H groups in total. The van der Waals surface area contributed by atoms with E-state index >= 15 is 0 Å². The number of ether oxygens (including phenoxy) is 1. The van der Waals surface area contributed by atoms with Gasteiger partial charge < -0.3 is 19.0 Å². The van der Waals surface area contributed by atoms with Crippen LogP contribution in [0.4, 0.5) is 23.2 Å². The fraction of sp³-hybridized carbons (Fsp3) is 0.250. The highest BCUT2D eigenvalue weighted by Gasteiger charge is 2.39. The third-order valence-electron chi connectivity index (χ3n) is 5.64. The highest BCUT2D eigenvalue weighted by Crippen LogP contribution is 2.39. The number of carboxylic acids is 1. The van der Waals surface area contributed by atoms with Crippen molar-refractivity contribution in [1.82, 2.24) is 4.98 Å². The number of halogens is 4. The summed E-state index contributed by atoms with van der Waals surface area (Å²) in [4.78, 5) is 15.5. The molecule has 0 radical (unpaired) electrons. The third kappa shape index (κ3) is 5.61. The maximum absolute atomic E-state index is 14.0. The summed E-state index contributed by atoms with van der Waals surface area (Å²) in [5.41, 5.74) is 2.15. The first-order valence-corrected chi connectivity index (χ1v) is 11.3. The minimum Gasteiger partial charge on any atom is -0.495 e. The topological polar surface area (TPSA) is 84.6 Å². The lowest BCUT2D eigenvalue weighted by Gasteiger charge is -2.24. The van der Waals surface area contributed by atoms with E-state index in [1.165, 1.54) is 13.4 Å². The van der Waals surface area contributed by atoms with Crippen LogP contribution in [0.15, 0.2) is 58.2 Å². The van der Waals surface area contributed by atoms with Crippen LogP contribution in [-0.4, -0.2) is 29.3 Å². The summed E-state index contributed by atoms with van der Waals surface area (Å²) < 4.78 is 66.1. The van der Waals surface area contributed by atoms with E-state index in [1.807, 2.05) is 12.1 Å². The molecule has 1 aliphatic rings.